The van der Waals surface area contributed by atoms with Crippen molar-refractivity contribution in [1.82, 2.24) is 5.32 Å². The topological polar surface area (TPSA) is 38.3 Å². The van der Waals surface area contributed by atoms with E-state index >= 15 is 0 Å². The van der Waals surface area contributed by atoms with E-state index in [4.69, 9.17) is 4.74 Å². The van der Waals surface area contributed by atoms with Gasteiger partial charge in [0.2, 0.25) is 5.91 Å². The molecule has 0 spiro atoms. The smallest absolute Gasteiger partial charge is 0.220 e. The zero-order valence-electron chi connectivity index (χ0n) is 10.9. The van der Waals surface area contributed by atoms with Gasteiger partial charge in [-0.25, -0.2) is 0 Å². The van der Waals surface area contributed by atoms with E-state index in [0.29, 0.717) is 19.6 Å². The average molecular weight is 215 g/mol. The van der Waals surface area contributed by atoms with Crippen LogP contribution in [0.3, 0.4) is 0 Å². The summed E-state index contributed by atoms with van der Waals surface area (Å²) in [6, 6.07) is 0. The van der Waals surface area contributed by atoms with Crippen molar-refractivity contribution in [2.24, 2.45) is 5.41 Å². The monoisotopic (exact) mass is 215 g/mol. The maximum absolute atomic E-state index is 11.4. The number of nitrogens with one attached hydrogen (secondary N) is 1. The third-order valence-electron chi connectivity index (χ3n) is 1.65. The molecule has 0 aromatic rings. The molecule has 0 radical (unpaired) electrons. The number of carbonyl (C=O) groups is 1. The Balaban J connectivity index is 3.57. The lowest BCUT2D eigenvalue weighted by Gasteiger charge is -2.20. The van der Waals surface area contributed by atoms with Crippen molar-refractivity contribution in [3.63, 3.8) is 0 Å². The van der Waals surface area contributed by atoms with Crippen LogP contribution in [0.15, 0.2) is 0 Å². The fraction of sp³-hybridized carbons (Fsp3) is 0.917. The minimum absolute atomic E-state index is 0.0506. The summed E-state index contributed by atoms with van der Waals surface area (Å²) in [5, 5.41) is 2.85. The second-order valence-electron chi connectivity index (χ2n) is 6.05. The van der Waals surface area contributed by atoms with Crippen LogP contribution in [0, 0.1) is 5.41 Å². The molecule has 0 saturated carbocycles. The van der Waals surface area contributed by atoms with Crippen LogP contribution in [0.5, 0.6) is 0 Å². The van der Waals surface area contributed by atoms with Gasteiger partial charge in [-0.1, -0.05) is 20.8 Å². The molecule has 0 bridgehead atoms. The standard InChI is InChI=1S/C12H25NO2/c1-11(2,3)9-10(14)13-7-8-15-12(4,5)6/h7-9H2,1-6H3,(H,13,14). The number of rotatable bonds is 4. The molecule has 90 valence electrons. The highest BCUT2D eigenvalue weighted by Gasteiger charge is 2.15. The Morgan fingerprint density at radius 1 is 1.13 bits per heavy atom. The Morgan fingerprint density at radius 2 is 1.67 bits per heavy atom. The second kappa shape index (κ2) is 5.50. The van der Waals surface area contributed by atoms with Gasteiger partial charge in [-0.2, -0.15) is 0 Å². The normalized spacial score (nSPS) is 12.7. The van der Waals surface area contributed by atoms with E-state index in [2.05, 4.69) is 26.1 Å². The van der Waals surface area contributed by atoms with Gasteiger partial charge < -0.3 is 10.1 Å². The maximum Gasteiger partial charge on any atom is 0.220 e. The molecule has 0 aliphatic heterocycles. The van der Waals surface area contributed by atoms with E-state index in [-0.39, 0.29) is 16.9 Å². The van der Waals surface area contributed by atoms with Crippen LogP contribution >= 0.6 is 0 Å². The summed E-state index contributed by atoms with van der Waals surface area (Å²) in [4.78, 5) is 11.4. The molecule has 3 heteroatoms. The summed E-state index contributed by atoms with van der Waals surface area (Å²) in [5.74, 6) is 0.0972. The fourth-order valence-electron chi connectivity index (χ4n) is 1.09. The van der Waals surface area contributed by atoms with Crippen molar-refractivity contribution in [3.05, 3.63) is 0 Å². The molecule has 3 nitrogen and oxygen atoms in total. The predicted molar refractivity (Wildman–Crippen MR) is 62.8 cm³/mol. The molecule has 15 heavy (non-hydrogen) atoms. The molecule has 0 saturated heterocycles. The number of hydrogen-bond acceptors (Lipinski definition) is 2. The van der Waals surface area contributed by atoms with Gasteiger partial charge in [0.25, 0.3) is 0 Å². The Labute approximate surface area is 93.6 Å². The Kier molecular flexibility index (Phi) is 5.29. The van der Waals surface area contributed by atoms with E-state index in [0.717, 1.165) is 0 Å². The van der Waals surface area contributed by atoms with E-state index in [1.54, 1.807) is 0 Å². The van der Waals surface area contributed by atoms with E-state index in [1.807, 2.05) is 20.8 Å². The Bertz CT molecular complexity index is 199. The lowest BCUT2D eigenvalue weighted by Crippen LogP contribution is -2.32. The summed E-state index contributed by atoms with van der Waals surface area (Å²) in [6.45, 7) is 13.3. The van der Waals surface area contributed by atoms with E-state index in [1.165, 1.54) is 0 Å². The summed E-state index contributed by atoms with van der Waals surface area (Å²) >= 11 is 0. The van der Waals surface area contributed by atoms with Crippen LogP contribution in [0.2, 0.25) is 0 Å². The first-order chi connectivity index (χ1) is 6.60. The third kappa shape index (κ3) is 11.4. The summed E-state index contributed by atoms with van der Waals surface area (Å²) in [5.41, 5.74) is -0.0796. The number of amides is 1. The van der Waals surface area contributed by atoms with Gasteiger partial charge in [-0.15, -0.1) is 0 Å². The van der Waals surface area contributed by atoms with Gasteiger partial charge in [-0.05, 0) is 26.2 Å². The molecule has 1 N–H and O–H groups in total. The lowest BCUT2D eigenvalue weighted by molar-refractivity contribution is -0.123. The molecule has 1 amide bonds. The molecule has 0 unspecified atom stereocenters. The molecular weight excluding hydrogens is 190 g/mol. The quantitative estimate of drug-likeness (QED) is 0.731. The predicted octanol–water partition coefficient (Wildman–Crippen LogP) is 2.35. The molecule has 0 atom stereocenters. The minimum Gasteiger partial charge on any atom is -0.374 e. The zero-order chi connectivity index (χ0) is 12.1. The number of carbonyl (C=O) groups excluding carboxylic acids is 1. The highest BCUT2D eigenvalue weighted by molar-refractivity contribution is 5.76. The molecule has 0 aliphatic rings. The van der Waals surface area contributed by atoms with Gasteiger partial charge in [-0.3, -0.25) is 4.79 Å². The number of hydrogen-bond donors (Lipinski definition) is 1. The van der Waals surface area contributed by atoms with Crippen LogP contribution in [0.1, 0.15) is 48.0 Å². The maximum atomic E-state index is 11.4. The van der Waals surface area contributed by atoms with E-state index in [9.17, 15) is 4.79 Å². The van der Waals surface area contributed by atoms with Gasteiger partial charge in [0.05, 0.1) is 12.2 Å². The first-order valence-corrected chi connectivity index (χ1v) is 5.51. The van der Waals surface area contributed by atoms with Crippen molar-refractivity contribution in [2.45, 2.75) is 53.6 Å². The van der Waals surface area contributed by atoms with Crippen LogP contribution in [0.4, 0.5) is 0 Å². The van der Waals surface area contributed by atoms with Crippen molar-refractivity contribution >= 4 is 5.91 Å². The zero-order valence-corrected chi connectivity index (χ0v) is 10.9. The second-order valence-corrected chi connectivity index (χ2v) is 6.05. The molecule has 0 aliphatic carbocycles. The average Bonchev–Trinajstić information content (AvgIpc) is 1.92. The summed E-state index contributed by atoms with van der Waals surface area (Å²) in [6.07, 6.45) is 0.558. The molecule has 0 aromatic carbocycles. The Morgan fingerprint density at radius 3 is 2.07 bits per heavy atom. The third-order valence-corrected chi connectivity index (χ3v) is 1.65. The highest BCUT2D eigenvalue weighted by atomic mass is 16.5. The van der Waals surface area contributed by atoms with Crippen LogP contribution in [-0.4, -0.2) is 24.7 Å². The molecule has 0 aromatic heterocycles. The van der Waals surface area contributed by atoms with E-state index < -0.39 is 0 Å². The van der Waals surface area contributed by atoms with Crippen molar-refractivity contribution in [1.29, 1.82) is 0 Å². The van der Waals surface area contributed by atoms with Crippen molar-refractivity contribution < 1.29 is 9.53 Å². The molecule has 0 fully saturated rings. The van der Waals surface area contributed by atoms with Crippen molar-refractivity contribution in [2.75, 3.05) is 13.2 Å². The van der Waals surface area contributed by atoms with Crippen LogP contribution < -0.4 is 5.32 Å². The van der Waals surface area contributed by atoms with Crippen molar-refractivity contribution in [3.8, 4) is 0 Å². The largest absolute Gasteiger partial charge is 0.374 e. The molecule has 0 rings (SSSR count). The van der Waals surface area contributed by atoms with Crippen LogP contribution in [0.25, 0.3) is 0 Å². The first kappa shape index (κ1) is 14.4. The lowest BCUT2D eigenvalue weighted by atomic mass is 9.92. The Hall–Kier alpha value is -0.570. The minimum atomic E-state index is -0.130. The van der Waals surface area contributed by atoms with Gasteiger partial charge >= 0.3 is 0 Å². The molecule has 0 heterocycles. The SMILES string of the molecule is CC(C)(C)CC(=O)NCCOC(C)(C)C. The van der Waals surface area contributed by atoms with Crippen LogP contribution in [-0.2, 0) is 9.53 Å². The first-order valence-electron chi connectivity index (χ1n) is 5.51. The fourth-order valence-corrected chi connectivity index (χ4v) is 1.09. The highest BCUT2D eigenvalue weighted by Crippen LogP contribution is 2.17. The summed E-state index contributed by atoms with van der Waals surface area (Å²) in [7, 11) is 0. The summed E-state index contributed by atoms with van der Waals surface area (Å²) < 4.78 is 5.50. The van der Waals surface area contributed by atoms with Gasteiger partial charge in [0.1, 0.15) is 0 Å². The van der Waals surface area contributed by atoms with Gasteiger partial charge in [0, 0.05) is 13.0 Å². The van der Waals surface area contributed by atoms with Gasteiger partial charge in [0.15, 0.2) is 0 Å². The molecular formula is C12H25NO2. The number of ether oxygens (including phenoxy) is 1.